The number of aliphatic hydroxyl groups is 1. The van der Waals surface area contributed by atoms with Crippen molar-refractivity contribution in [2.75, 3.05) is 32.7 Å². The monoisotopic (exact) mass is 404 g/mol. The second kappa shape index (κ2) is 8.52. The minimum absolute atomic E-state index is 0.0845. The molecule has 2 unspecified atom stereocenters. The molecule has 2 N–H and O–H groups in total. The molecular formula is C25H32N4O. The predicted octanol–water partition coefficient (Wildman–Crippen LogP) is 2.80. The number of rotatable bonds is 4. The highest BCUT2D eigenvalue weighted by molar-refractivity contribution is 5.35. The first-order valence-corrected chi connectivity index (χ1v) is 11.1. The molecule has 0 bridgehead atoms. The summed E-state index contributed by atoms with van der Waals surface area (Å²) in [6, 6.07) is 10.7. The van der Waals surface area contributed by atoms with Crippen molar-refractivity contribution in [3.8, 4) is 0 Å². The zero-order chi connectivity index (χ0) is 20.5. The molecule has 1 aliphatic carbocycles. The van der Waals surface area contributed by atoms with E-state index in [4.69, 9.17) is 0 Å². The van der Waals surface area contributed by atoms with Gasteiger partial charge in [-0.1, -0.05) is 60.2 Å². The van der Waals surface area contributed by atoms with Gasteiger partial charge in [0.2, 0.25) is 0 Å². The minimum atomic E-state index is -0.549. The van der Waals surface area contributed by atoms with Gasteiger partial charge in [-0.25, -0.2) is 4.90 Å². The van der Waals surface area contributed by atoms with Crippen LogP contribution in [-0.2, 0) is 6.54 Å². The van der Waals surface area contributed by atoms with Crippen LogP contribution >= 0.6 is 0 Å². The van der Waals surface area contributed by atoms with E-state index in [1.165, 1.54) is 28.0 Å². The fourth-order valence-corrected chi connectivity index (χ4v) is 5.19. The zero-order valence-corrected chi connectivity index (χ0v) is 17.8. The van der Waals surface area contributed by atoms with Gasteiger partial charge in [-0.2, -0.15) is 0 Å². The molecule has 1 aromatic carbocycles. The largest absolute Gasteiger partial charge is 0.374 e. The number of hydrogen-bond donors (Lipinski definition) is 2. The Morgan fingerprint density at radius 1 is 1.13 bits per heavy atom. The number of benzene rings is 1. The molecule has 1 saturated heterocycles. The fourth-order valence-electron chi connectivity index (χ4n) is 5.19. The SMILES string of the molecule is CC1=CCC=CC(CN2C(O)C3=C(CCN(Cc4ccccc4)C3)N3CCNC32)=C1. The first-order chi connectivity index (χ1) is 14.7. The first-order valence-electron chi connectivity index (χ1n) is 11.1. The summed E-state index contributed by atoms with van der Waals surface area (Å²) in [7, 11) is 0. The van der Waals surface area contributed by atoms with Gasteiger partial charge in [-0.05, 0) is 24.5 Å². The lowest BCUT2D eigenvalue weighted by atomic mass is 9.98. The smallest absolute Gasteiger partial charge is 0.139 e. The number of allylic oxidation sites excluding steroid dienone is 4. The second-order valence-corrected chi connectivity index (χ2v) is 8.79. The average molecular weight is 405 g/mol. The van der Waals surface area contributed by atoms with E-state index in [1.54, 1.807) is 0 Å². The predicted molar refractivity (Wildman–Crippen MR) is 120 cm³/mol. The maximum atomic E-state index is 11.5. The number of fused-ring (bicyclic) bond motifs is 2. The molecule has 4 aliphatic rings. The Morgan fingerprint density at radius 2 is 2.00 bits per heavy atom. The van der Waals surface area contributed by atoms with Crippen LogP contribution in [0.2, 0.25) is 0 Å². The summed E-state index contributed by atoms with van der Waals surface area (Å²) in [4.78, 5) is 7.19. The third kappa shape index (κ3) is 3.91. The Balaban J connectivity index is 1.38. The molecular weight excluding hydrogens is 372 g/mol. The molecule has 158 valence electrons. The average Bonchev–Trinajstić information content (AvgIpc) is 3.15. The normalized spacial score (nSPS) is 27.5. The molecule has 5 nitrogen and oxygen atoms in total. The number of nitrogens with one attached hydrogen (secondary N) is 1. The second-order valence-electron chi connectivity index (χ2n) is 8.79. The fraction of sp³-hybridized carbons (Fsp3) is 0.440. The summed E-state index contributed by atoms with van der Waals surface area (Å²) in [5.41, 5.74) is 6.43. The lowest BCUT2D eigenvalue weighted by Gasteiger charge is -2.49. The van der Waals surface area contributed by atoms with E-state index >= 15 is 0 Å². The van der Waals surface area contributed by atoms with Gasteiger partial charge < -0.3 is 10.0 Å². The van der Waals surface area contributed by atoms with Gasteiger partial charge in [0, 0.05) is 57.0 Å². The molecule has 30 heavy (non-hydrogen) atoms. The van der Waals surface area contributed by atoms with E-state index in [-0.39, 0.29) is 6.29 Å². The van der Waals surface area contributed by atoms with Crippen molar-refractivity contribution in [2.45, 2.75) is 38.8 Å². The van der Waals surface area contributed by atoms with Gasteiger partial charge in [-0.15, -0.1) is 0 Å². The third-order valence-electron chi connectivity index (χ3n) is 6.63. The van der Waals surface area contributed by atoms with E-state index < -0.39 is 6.23 Å². The molecule has 0 radical (unpaired) electrons. The van der Waals surface area contributed by atoms with Gasteiger partial charge in [-0.3, -0.25) is 10.2 Å². The third-order valence-corrected chi connectivity index (χ3v) is 6.63. The molecule has 1 fully saturated rings. The van der Waals surface area contributed by atoms with Crippen molar-refractivity contribution in [3.05, 3.63) is 82.6 Å². The maximum Gasteiger partial charge on any atom is 0.139 e. The highest BCUT2D eigenvalue weighted by Crippen LogP contribution is 2.35. The first kappa shape index (κ1) is 19.8. The van der Waals surface area contributed by atoms with Crippen molar-refractivity contribution in [1.82, 2.24) is 20.0 Å². The van der Waals surface area contributed by atoms with Crippen LogP contribution in [0.1, 0.15) is 25.3 Å². The molecule has 1 aromatic rings. The summed E-state index contributed by atoms with van der Waals surface area (Å²) in [5, 5.41) is 15.1. The van der Waals surface area contributed by atoms with Crippen molar-refractivity contribution < 1.29 is 5.11 Å². The van der Waals surface area contributed by atoms with Gasteiger partial charge >= 0.3 is 0 Å². The van der Waals surface area contributed by atoms with Gasteiger partial charge in [0.15, 0.2) is 0 Å². The molecule has 0 amide bonds. The summed E-state index contributed by atoms with van der Waals surface area (Å²) >= 11 is 0. The summed E-state index contributed by atoms with van der Waals surface area (Å²) < 4.78 is 0. The quantitative estimate of drug-likeness (QED) is 0.808. The maximum absolute atomic E-state index is 11.5. The van der Waals surface area contributed by atoms with Crippen LogP contribution in [0.25, 0.3) is 0 Å². The lowest BCUT2D eigenvalue weighted by molar-refractivity contribution is -0.0639. The number of hydrogen-bond acceptors (Lipinski definition) is 5. The van der Waals surface area contributed by atoms with Crippen LogP contribution in [0.5, 0.6) is 0 Å². The van der Waals surface area contributed by atoms with E-state index in [9.17, 15) is 5.11 Å². The molecule has 2 atom stereocenters. The van der Waals surface area contributed by atoms with E-state index in [1.807, 2.05) is 0 Å². The molecule has 3 heterocycles. The highest BCUT2D eigenvalue weighted by Gasteiger charge is 2.43. The summed E-state index contributed by atoms with van der Waals surface area (Å²) in [6.45, 7) is 7.69. The molecule has 0 spiro atoms. The van der Waals surface area contributed by atoms with Gasteiger partial charge in [0.1, 0.15) is 12.5 Å². The topological polar surface area (TPSA) is 42.0 Å². The Kier molecular flexibility index (Phi) is 5.61. The molecule has 3 aliphatic heterocycles. The van der Waals surface area contributed by atoms with E-state index in [0.717, 1.165) is 52.1 Å². The van der Waals surface area contributed by atoms with Gasteiger partial charge in [0.05, 0.1) is 0 Å². The van der Waals surface area contributed by atoms with Crippen LogP contribution in [0.15, 0.2) is 77.1 Å². The summed E-state index contributed by atoms with van der Waals surface area (Å²) in [5.74, 6) is 0. The lowest BCUT2D eigenvalue weighted by Crippen LogP contribution is -2.61. The minimum Gasteiger partial charge on any atom is -0.374 e. The van der Waals surface area contributed by atoms with Crippen molar-refractivity contribution in [1.29, 1.82) is 0 Å². The summed E-state index contributed by atoms with van der Waals surface area (Å²) in [6.07, 6.45) is 10.5. The Hall–Kier alpha value is -2.18. The number of nitrogens with zero attached hydrogens (tertiary/aromatic N) is 3. The van der Waals surface area contributed by atoms with Crippen LogP contribution in [0.3, 0.4) is 0 Å². The Bertz CT molecular complexity index is 901. The van der Waals surface area contributed by atoms with Crippen molar-refractivity contribution in [2.24, 2.45) is 0 Å². The Labute approximate surface area is 179 Å². The molecule has 5 rings (SSSR count). The highest BCUT2D eigenvalue weighted by atomic mass is 16.3. The molecule has 0 saturated carbocycles. The zero-order valence-electron chi connectivity index (χ0n) is 17.8. The van der Waals surface area contributed by atoms with Crippen molar-refractivity contribution in [3.63, 3.8) is 0 Å². The number of aliphatic hydroxyl groups excluding tert-OH is 1. The van der Waals surface area contributed by atoms with Crippen LogP contribution in [0.4, 0.5) is 0 Å². The van der Waals surface area contributed by atoms with Crippen LogP contribution in [-0.4, -0.2) is 65.0 Å². The van der Waals surface area contributed by atoms with Gasteiger partial charge in [0.25, 0.3) is 0 Å². The van der Waals surface area contributed by atoms with E-state index in [0.29, 0.717) is 0 Å². The molecule has 0 aromatic heterocycles. The van der Waals surface area contributed by atoms with Crippen molar-refractivity contribution >= 4 is 0 Å². The van der Waals surface area contributed by atoms with Crippen LogP contribution < -0.4 is 5.32 Å². The Morgan fingerprint density at radius 3 is 2.87 bits per heavy atom. The van der Waals surface area contributed by atoms with Crippen LogP contribution in [0, 0.1) is 0 Å². The standard InChI is InChI=1S/C25H32N4O/c1-19-7-5-6-10-21(15-19)17-29-24(30)22-18-27(16-20-8-3-2-4-9-20)13-11-23(22)28-14-12-26-25(28)29/h2-4,6-10,15,24-26,30H,5,11-14,16-18H2,1H3. The molecule has 5 heteroatoms. The van der Waals surface area contributed by atoms with E-state index in [2.05, 4.69) is 81.6 Å².